The van der Waals surface area contributed by atoms with Crippen LogP contribution < -0.4 is 0 Å². The summed E-state index contributed by atoms with van der Waals surface area (Å²) in [6.07, 6.45) is 27.6. The van der Waals surface area contributed by atoms with E-state index < -0.39 is 0 Å². The quantitative estimate of drug-likeness (QED) is 0.253. The van der Waals surface area contributed by atoms with E-state index in [0.29, 0.717) is 18.8 Å². The molecule has 0 spiro atoms. The summed E-state index contributed by atoms with van der Waals surface area (Å²) in [7, 11) is 0. The molecule has 1 rings (SSSR count). The number of aliphatic hydroxyl groups is 1. The highest BCUT2D eigenvalue weighted by Gasteiger charge is 2.18. The van der Waals surface area contributed by atoms with Crippen LogP contribution in [-0.2, 0) is 4.74 Å². The van der Waals surface area contributed by atoms with Crippen LogP contribution in [0.2, 0.25) is 0 Å². The molecule has 0 saturated heterocycles. The number of aliphatic hydroxyl groups excluding tert-OH is 1. The Morgan fingerprint density at radius 1 is 0.692 bits per heavy atom. The Hall–Kier alpha value is -0.0800. The topological polar surface area (TPSA) is 29.5 Å². The number of unbranched alkanes of at least 4 members (excludes halogenated alkanes) is 11. The maximum absolute atomic E-state index is 8.84. The first kappa shape index (κ1) is 24.0. The zero-order valence-corrected chi connectivity index (χ0v) is 17.9. The third kappa shape index (κ3) is 14.0. The fourth-order valence-electron chi connectivity index (χ4n) is 4.27. The maximum atomic E-state index is 8.84. The Labute approximate surface area is 164 Å². The van der Waals surface area contributed by atoms with Gasteiger partial charge in [-0.2, -0.15) is 0 Å². The molecular weight excluding hydrogens is 320 g/mol. The fourth-order valence-corrected chi connectivity index (χ4v) is 4.27. The van der Waals surface area contributed by atoms with Crippen molar-refractivity contribution in [3.05, 3.63) is 0 Å². The van der Waals surface area contributed by atoms with Crippen molar-refractivity contribution in [1.82, 2.24) is 0 Å². The zero-order valence-electron chi connectivity index (χ0n) is 17.9. The van der Waals surface area contributed by atoms with Gasteiger partial charge in [-0.1, -0.05) is 103 Å². The number of rotatable bonds is 18. The Morgan fingerprint density at radius 3 is 1.73 bits per heavy atom. The predicted molar refractivity (Wildman–Crippen MR) is 114 cm³/mol. The molecule has 2 heteroatoms. The van der Waals surface area contributed by atoms with Crippen LogP contribution in [-0.4, -0.2) is 23.9 Å². The Balaban J connectivity index is 2.13. The highest BCUT2D eigenvalue weighted by Crippen LogP contribution is 2.25. The molecule has 1 N–H and O–H groups in total. The molecule has 0 aromatic carbocycles. The van der Waals surface area contributed by atoms with Crippen molar-refractivity contribution in [2.24, 2.45) is 0 Å². The molecule has 0 amide bonds. The summed E-state index contributed by atoms with van der Waals surface area (Å²) in [5, 5.41) is 8.84. The predicted octanol–water partition coefficient (Wildman–Crippen LogP) is 7.57. The third-order valence-corrected chi connectivity index (χ3v) is 6.00. The molecule has 26 heavy (non-hydrogen) atoms. The lowest BCUT2D eigenvalue weighted by Gasteiger charge is -2.28. The summed E-state index contributed by atoms with van der Waals surface area (Å²) >= 11 is 0. The van der Waals surface area contributed by atoms with E-state index in [9.17, 15) is 0 Å². The third-order valence-electron chi connectivity index (χ3n) is 6.00. The largest absolute Gasteiger partial charge is 0.396 e. The number of ether oxygens (including phenoxy) is 1. The zero-order chi connectivity index (χ0) is 18.7. The standard InChI is InChI=1S/C24H48O2/c1-2-3-4-5-6-9-13-18-23(26-24-20-15-12-16-21-24)19-14-10-7-8-11-17-22-25/h23-25H,2-22H2,1H3. The second-order valence-corrected chi connectivity index (χ2v) is 8.56. The van der Waals surface area contributed by atoms with Crippen molar-refractivity contribution in [2.45, 2.75) is 148 Å². The van der Waals surface area contributed by atoms with Crippen LogP contribution in [0.15, 0.2) is 0 Å². The Morgan fingerprint density at radius 2 is 1.19 bits per heavy atom. The highest BCUT2D eigenvalue weighted by atomic mass is 16.5. The van der Waals surface area contributed by atoms with Gasteiger partial charge in [-0.15, -0.1) is 0 Å². The van der Waals surface area contributed by atoms with Crippen LogP contribution in [0.5, 0.6) is 0 Å². The van der Waals surface area contributed by atoms with Gasteiger partial charge in [-0.25, -0.2) is 0 Å². The van der Waals surface area contributed by atoms with Crippen LogP contribution in [0.4, 0.5) is 0 Å². The molecule has 1 unspecified atom stereocenters. The summed E-state index contributed by atoms with van der Waals surface area (Å²) in [4.78, 5) is 0. The van der Waals surface area contributed by atoms with Crippen LogP contribution in [0.25, 0.3) is 0 Å². The summed E-state index contributed by atoms with van der Waals surface area (Å²) in [5.41, 5.74) is 0. The lowest BCUT2D eigenvalue weighted by Crippen LogP contribution is -2.24. The van der Waals surface area contributed by atoms with E-state index in [1.54, 1.807) is 0 Å². The molecule has 0 bridgehead atoms. The molecule has 1 aliphatic carbocycles. The Kier molecular flexibility index (Phi) is 16.9. The van der Waals surface area contributed by atoms with Gasteiger partial charge in [0.2, 0.25) is 0 Å². The lowest BCUT2D eigenvalue weighted by molar-refractivity contribution is -0.0389. The van der Waals surface area contributed by atoms with Crippen LogP contribution in [0, 0.1) is 0 Å². The van der Waals surface area contributed by atoms with Gasteiger partial charge in [-0.05, 0) is 32.1 Å². The molecule has 1 fully saturated rings. The van der Waals surface area contributed by atoms with E-state index in [-0.39, 0.29) is 0 Å². The van der Waals surface area contributed by atoms with Crippen molar-refractivity contribution >= 4 is 0 Å². The first-order valence-electron chi connectivity index (χ1n) is 12.1. The minimum atomic E-state index is 0.357. The lowest BCUT2D eigenvalue weighted by atomic mass is 9.96. The average molecular weight is 369 g/mol. The molecule has 0 aliphatic heterocycles. The minimum absolute atomic E-state index is 0.357. The molecule has 0 radical (unpaired) electrons. The molecule has 1 atom stereocenters. The van der Waals surface area contributed by atoms with Gasteiger partial charge in [0.25, 0.3) is 0 Å². The smallest absolute Gasteiger partial charge is 0.0578 e. The Bertz CT molecular complexity index is 255. The van der Waals surface area contributed by atoms with Crippen molar-refractivity contribution < 1.29 is 9.84 Å². The summed E-state index contributed by atoms with van der Waals surface area (Å²) in [5.74, 6) is 0. The highest BCUT2D eigenvalue weighted by molar-refractivity contribution is 4.69. The molecule has 0 aromatic heterocycles. The van der Waals surface area contributed by atoms with Gasteiger partial charge in [0, 0.05) is 6.61 Å². The van der Waals surface area contributed by atoms with Crippen LogP contribution in [0.3, 0.4) is 0 Å². The molecule has 1 aliphatic rings. The van der Waals surface area contributed by atoms with Gasteiger partial charge in [-0.3, -0.25) is 0 Å². The van der Waals surface area contributed by atoms with Gasteiger partial charge >= 0.3 is 0 Å². The van der Waals surface area contributed by atoms with Gasteiger partial charge in [0.1, 0.15) is 0 Å². The van der Waals surface area contributed by atoms with Crippen LogP contribution >= 0.6 is 0 Å². The van der Waals surface area contributed by atoms with E-state index in [0.717, 1.165) is 6.42 Å². The molecule has 156 valence electrons. The van der Waals surface area contributed by atoms with Crippen molar-refractivity contribution in [3.8, 4) is 0 Å². The van der Waals surface area contributed by atoms with Gasteiger partial charge in [0.05, 0.1) is 12.2 Å². The normalized spacial score (nSPS) is 16.8. The van der Waals surface area contributed by atoms with Crippen molar-refractivity contribution in [2.75, 3.05) is 6.61 Å². The molecule has 0 aromatic rings. The number of hydrogen-bond donors (Lipinski definition) is 1. The van der Waals surface area contributed by atoms with E-state index in [2.05, 4.69) is 6.92 Å². The summed E-state index contributed by atoms with van der Waals surface area (Å²) < 4.78 is 6.55. The molecule has 1 saturated carbocycles. The van der Waals surface area contributed by atoms with Crippen molar-refractivity contribution in [1.29, 1.82) is 0 Å². The van der Waals surface area contributed by atoms with E-state index in [1.807, 2.05) is 0 Å². The van der Waals surface area contributed by atoms with E-state index >= 15 is 0 Å². The second-order valence-electron chi connectivity index (χ2n) is 8.56. The molecular formula is C24H48O2. The van der Waals surface area contributed by atoms with Crippen molar-refractivity contribution in [3.63, 3.8) is 0 Å². The van der Waals surface area contributed by atoms with E-state index in [1.165, 1.54) is 122 Å². The maximum Gasteiger partial charge on any atom is 0.0578 e. The van der Waals surface area contributed by atoms with E-state index in [4.69, 9.17) is 9.84 Å². The first-order valence-corrected chi connectivity index (χ1v) is 12.1. The molecule has 2 nitrogen and oxygen atoms in total. The number of hydrogen-bond acceptors (Lipinski definition) is 2. The summed E-state index contributed by atoms with van der Waals surface area (Å²) in [6.45, 7) is 2.65. The summed E-state index contributed by atoms with van der Waals surface area (Å²) in [6, 6.07) is 0. The minimum Gasteiger partial charge on any atom is -0.396 e. The van der Waals surface area contributed by atoms with Crippen LogP contribution in [0.1, 0.15) is 135 Å². The average Bonchev–Trinajstić information content (AvgIpc) is 2.67. The van der Waals surface area contributed by atoms with Gasteiger partial charge in [0.15, 0.2) is 0 Å². The second kappa shape index (κ2) is 18.3. The SMILES string of the molecule is CCCCCCCCCC(CCCCCCCCO)OC1CCCCC1. The van der Waals surface area contributed by atoms with Gasteiger partial charge < -0.3 is 9.84 Å². The molecule has 0 heterocycles. The monoisotopic (exact) mass is 368 g/mol. The first-order chi connectivity index (χ1) is 12.9. The fraction of sp³-hybridized carbons (Fsp3) is 1.00.